The standard InChI is InChI=1S/C74H105N19O16S/c1-41(2)37-57-71(106)86-51(27-32-76)67(102)85-53(29-34-78)69(104)91-63(42(3)94)72(107)81-36-30-54(66(101)83-46(26-31-75)40-82-56(70(105)89-57)38-44-13-7-6-8-14-44)87-68(103)52(28-33-77)88-73(108)64(43(4)95)90-61(97)24-23-60(96)84-55(22-25-62(98)99)74(109)93-58-39-47(110-59-17-10-9-16-49(59)65(100)79-5)19-20-48(58)50(92-93)21-18-45-15-11-12-35-80-45/h6-17,19-20,35,39,41-43,46,51-57,63-64,82,94-95H,18,21-34,36-38,40,75-78H2,1-5H3,(H,79,100)(H,81,107)(H,83,101)(H,84,96)(H,85,102)(H,86,106)(H,87,103)(H,88,108)(H,89,105)(H,90,97)(H,91,104)(H,98,99)/t42-,43-,46-,51-,52-,53-,54+,55-,56-,57-,63+,64-/m0/s1. The van der Waals surface area contributed by atoms with Crippen molar-refractivity contribution < 1.29 is 77.6 Å². The molecule has 0 radical (unpaired) electrons. The lowest BCUT2D eigenvalue weighted by Gasteiger charge is -2.29. The van der Waals surface area contributed by atoms with Gasteiger partial charge in [-0.3, -0.25) is 67.3 Å². The van der Waals surface area contributed by atoms with E-state index in [-0.39, 0.29) is 83.1 Å². The Morgan fingerprint density at radius 3 is 1.88 bits per heavy atom. The van der Waals surface area contributed by atoms with Gasteiger partial charge in [-0.15, -0.1) is 0 Å². The lowest BCUT2D eigenvalue weighted by Crippen LogP contribution is -2.60. The fourth-order valence-electron chi connectivity index (χ4n) is 12.0. The summed E-state index contributed by atoms with van der Waals surface area (Å²) in [5, 5.41) is 68.7. The number of nitrogens with zero attached hydrogens (tertiary/aromatic N) is 3. The summed E-state index contributed by atoms with van der Waals surface area (Å²) in [6.07, 6.45) is -3.91. The highest BCUT2D eigenvalue weighted by Crippen LogP contribution is 2.34. The Kier molecular flexibility index (Phi) is 36.2. The molecule has 5 aromatic rings. The van der Waals surface area contributed by atoms with Gasteiger partial charge in [0, 0.05) is 72.5 Å². The van der Waals surface area contributed by atoms with Crippen LogP contribution in [0.25, 0.3) is 10.9 Å². The lowest BCUT2D eigenvalue weighted by atomic mass is 10.00. The number of aliphatic hydroxyl groups excluding tert-OH is 2. The zero-order chi connectivity index (χ0) is 80.6. The maximum atomic E-state index is 14.8. The molecule has 0 spiro atoms. The molecule has 0 bridgehead atoms. The largest absolute Gasteiger partial charge is 0.481 e. The van der Waals surface area contributed by atoms with Gasteiger partial charge < -0.3 is 102 Å². The first-order valence-corrected chi connectivity index (χ1v) is 37.5. The SMILES string of the molecule is CNC(=O)c1ccccc1Sc1ccc2c(CCc3ccccn3)nn(C(=O)[C@H](CCC(=O)O)NC(=O)CCC(=O)N[C@H](C(=O)N[C@@H](CCN)C(=O)N[C@@H]3CCNC(=O)[C@@H]([C@H](C)O)NC(=O)[C@H](CCN)NC(=O)[C@H](CCN)NC(=O)[C@H](CC(C)C)NC(=O)[C@H](Cc4ccccc4)NC[C@H](CCN)NC3=O)[C@H](C)O)c2c1. The van der Waals surface area contributed by atoms with Crippen LogP contribution < -0.4 is 86.7 Å². The molecule has 3 aromatic carbocycles. The van der Waals surface area contributed by atoms with Crippen molar-refractivity contribution in [3.8, 4) is 0 Å². The van der Waals surface area contributed by atoms with Gasteiger partial charge in [-0.1, -0.05) is 74.1 Å². The van der Waals surface area contributed by atoms with Crippen LogP contribution >= 0.6 is 11.8 Å². The van der Waals surface area contributed by atoms with Crippen molar-refractivity contribution in [1.82, 2.24) is 78.6 Å². The third kappa shape index (κ3) is 27.6. The molecule has 0 aliphatic carbocycles. The molecule has 23 N–H and O–H groups in total. The summed E-state index contributed by atoms with van der Waals surface area (Å²) in [6, 6.07) is 12.3. The Hall–Kier alpha value is -10.3. The van der Waals surface area contributed by atoms with Crippen LogP contribution in [0.2, 0.25) is 0 Å². The minimum absolute atomic E-state index is 0.0142. The average Bonchev–Trinajstić information content (AvgIpc) is 1.62. The van der Waals surface area contributed by atoms with E-state index in [4.69, 9.17) is 28.0 Å². The third-order valence-electron chi connectivity index (χ3n) is 17.9. The van der Waals surface area contributed by atoms with Crippen molar-refractivity contribution >= 4 is 99.5 Å². The normalized spacial score (nSPS) is 20.0. The van der Waals surface area contributed by atoms with Crippen LogP contribution in [0.4, 0.5) is 0 Å². The molecule has 11 amide bonds. The number of carbonyl (C=O) groups excluding carboxylic acids is 12. The number of hydrogen-bond acceptors (Lipinski definition) is 23. The van der Waals surface area contributed by atoms with E-state index in [1.807, 2.05) is 26.0 Å². The van der Waals surface area contributed by atoms with Crippen LogP contribution in [0.3, 0.4) is 0 Å². The van der Waals surface area contributed by atoms with E-state index in [1.165, 1.54) is 25.7 Å². The summed E-state index contributed by atoms with van der Waals surface area (Å²) in [7, 11) is 1.51. The number of nitrogens with one attached hydrogen (secondary N) is 12. The van der Waals surface area contributed by atoms with Crippen molar-refractivity contribution in [3.05, 3.63) is 120 Å². The van der Waals surface area contributed by atoms with E-state index in [0.717, 1.165) is 17.3 Å². The zero-order valence-electron chi connectivity index (χ0n) is 62.4. The van der Waals surface area contributed by atoms with Crippen molar-refractivity contribution in [1.29, 1.82) is 0 Å². The summed E-state index contributed by atoms with van der Waals surface area (Å²) in [6.45, 7) is 4.90. The molecule has 0 unspecified atom stereocenters. The number of benzene rings is 3. The quantitative estimate of drug-likeness (QED) is 0.0203. The molecule has 1 saturated heterocycles. The van der Waals surface area contributed by atoms with Crippen LogP contribution in [0.5, 0.6) is 0 Å². The molecule has 3 heterocycles. The first-order valence-electron chi connectivity index (χ1n) is 36.7. The predicted octanol–water partition coefficient (Wildman–Crippen LogP) is -2.70. The highest BCUT2D eigenvalue weighted by Gasteiger charge is 2.37. The van der Waals surface area contributed by atoms with E-state index in [0.29, 0.717) is 50.4 Å². The summed E-state index contributed by atoms with van der Waals surface area (Å²) >= 11 is 1.25. The second-order valence-electron chi connectivity index (χ2n) is 27.1. The monoisotopic (exact) mass is 1550 g/mol. The molecule has 0 saturated carbocycles. The van der Waals surface area contributed by atoms with Gasteiger partial charge in [0.15, 0.2) is 0 Å². The van der Waals surface area contributed by atoms with Gasteiger partial charge in [0.1, 0.15) is 48.3 Å². The summed E-state index contributed by atoms with van der Waals surface area (Å²) < 4.78 is 1.09. The minimum Gasteiger partial charge on any atom is -0.481 e. The second-order valence-corrected chi connectivity index (χ2v) is 28.2. The van der Waals surface area contributed by atoms with E-state index in [1.54, 1.807) is 85.1 Å². The molecule has 1 aliphatic rings. The van der Waals surface area contributed by atoms with Crippen molar-refractivity contribution in [2.45, 2.75) is 194 Å². The molecule has 598 valence electrons. The van der Waals surface area contributed by atoms with Gasteiger partial charge in [-0.05, 0) is 158 Å². The molecule has 12 atom stereocenters. The minimum atomic E-state index is -1.81. The second kappa shape index (κ2) is 45.0. The maximum Gasteiger partial charge on any atom is 0.303 e. The Morgan fingerprint density at radius 2 is 1.26 bits per heavy atom. The van der Waals surface area contributed by atoms with E-state index in [9.17, 15) is 77.6 Å². The summed E-state index contributed by atoms with van der Waals surface area (Å²) in [5.41, 5.74) is 26.5. The molecule has 35 nitrogen and oxygen atoms in total. The van der Waals surface area contributed by atoms with Crippen molar-refractivity contribution in [3.63, 3.8) is 0 Å². The fraction of sp³-hybridized carbons (Fsp3) is 0.500. The molecule has 1 fully saturated rings. The van der Waals surface area contributed by atoms with Gasteiger partial charge in [0.2, 0.25) is 59.1 Å². The number of carboxylic acid groups (broad SMARTS) is 1. The number of pyridine rings is 1. The maximum absolute atomic E-state index is 14.8. The highest BCUT2D eigenvalue weighted by molar-refractivity contribution is 7.99. The topological polar surface area (TPSA) is 562 Å². The molecular formula is C74H105N19O16S. The third-order valence-corrected chi connectivity index (χ3v) is 19.0. The number of hydrogen-bond donors (Lipinski definition) is 19. The number of nitrogens with two attached hydrogens (primary N) is 4. The molecule has 110 heavy (non-hydrogen) atoms. The number of aliphatic carboxylic acids is 1. The molecule has 2 aromatic heterocycles. The lowest BCUT2D eigenvalue weighted by molar-refractivity contribution is -0.137. The number of carbonyl (C=O) groups is 13. The Balaban J connectivity index is 1.22. The Bertz CT molecular complexity index is 3960. The predicted molar refractivity (Wildman–Crippen MR) is 407 cm³/mol. The Morgan fingerprint density at radius 1 is 0.636 bits per heavy atom. The number of aliphatic hydroxyl groups is 2. The van der Waals surface area contributed by atoms with Crippen molar-refractivity contribution in [2.24, 2.45) is 28.9 Å². The first-order chi connectivity index (χ1) is 52.6. The summed E-state index contributed by atoms with van der Waals surface area (Å²) in [5.74, 6) is -11.6. The van der Waals surface area contributed by atoms with Gasteiger partial charge in [0.05, 0.1) is 35.0 Å². The van der Waals surface area contributed by atoms with Gasteiger partial charge in [-0.2, -0.15) is 9.78 Å². The van der Waals surface area contributed by atoms with Gasteiger partial charge >= 0.3 is 5.97 Å². The van der Waals surface area contributed by atoms with Gasteiger partial charge in [0.25, 0.3) is 11.8 Å². The Labute approximate surface area is 641 Å². The fourth-order valence-corrected chi connectivity index (χ4v) is 13.0. The first kappa shape index (κ1) is 88.6. The molecular weight excluding hydrogens is 1440 g/mol. The highest BCUT2D eigenvalue weighted by atomic mass is 32.2. The molecule has 1 aliphatic heterocycles. The van der Waals surface area contributed by atoms with Gasteiger partial charge in [-0.25, -0.2) is 0 Å². The van der Waals surface area contributed by atoms with Crippen molar-refractivity contribution in [2.75, 3.05) is 46.3 Å². The summed E-state index contributed by atoms with van der Waals surface area (Å²) in [4.78, 5) is 187. The van der Waals surface area contributed by atoms with E-state index >= 15 is 0 Å². The van der Waals surface area contributed by atoms with Crippen LogP contribution in [0, 0.1) is 5.92 Å². The number of aromatic nitrogens is 3. The number of amides is 11. The zero-order valence-corrected chi connectivity index (χ0v) is 63.2. The van der Waals surface area contributed by atoms with Crippen LogP contribution in [-0.2, 0) is 72.0 Å². The molecule has 36 heteroatoms. The van der Waals surface area contributed by atoms with Crippen LogP contribution in [-0.4, -0.2) is 226 Å². The smallest absolute Gasteiger partial charge is 0.303 e. The van der Waals surface area contributed by atoms with E-state index < -0.39 is 182 Å². The number of aryl methyl sites for hydroxylation is 2. The number of rotatable bonds is 33. The van der Waals surface area contributed by atoms with Crippen LogP contribution in [0.1, 0.15) is 124 Å². The number of fused-ring (bicyclic) bond motifs is 1. The van der Waals surface area contributed by atoms with E-state index in [2.05, 4.69) is 68.8 Å². The average molecular weight is 1550 g/mol. The number of carboxylic acids is 1. The van der Waals surface area contributed by atoms with Crippen LogP contribution in [0.15, 0.2) is 107 Å². The molecule has 6 rings (SSSR count).